The van der Waals surface area contributed by atoms with E-state index in [4.69, 9.17) is 22.6 Å². The molecule has 0 saturated carbocycles. The average molecular weight is 248 g/mol. The second-order valence-electron chi connectivity index (χ2n) is 3.38. The number of nitrogens with zero attached hydrogens (tertiary/aromatic N) is 2. The maximum absolute atomic E-state index is 13.7. The minimum absolute atomic E-state index is 0.226. The number of rotatable bonds is 1. The first-order valence-electron chi connectivity index (χ1n) is 4.74. The van der Waals surface area contributed by atoms with Gasteiger partial charge >= 0.3 is 0 Å². The van der Waals surface area contributed by atoms with E-state index in [2.05, 4.69) is 4.98 Å². The Hall–Kier alpha value is -2.12. The van der Waals surface area contributed by atoms with Crippen molar-refractivity contribution in [3.05, 3.63) is 46.9 Å². The van der Waals surface area contributed by atoms with E-state index in [9.17, 15) is 4.39 Å². The summed E-state index contributed by atoms with van der Waals surface area (Å²) in [5.74, 6) is -0.550. The van der Waals surface area contributed by atoms with Crippen LogP contribution in [0.3, 0.4) is 0 Å². The minimum Gasteiger partial charge on any atom is -0.397 e. The monoisotopic (exact) mass is 247 g/mol. The lowest BCUT2D eigenvalue weighted by atomic mass is 10.1. The van der Waals surface area contributed by atoms with Gasteiger partial charge in [-0.2, -0.15) is 5.26 Å². The number of nitrogens with two attached hydrogens (primary N) is 1. The van der Waals surface area contributed by atoms with Crippen molar-refractivity contribution in [2.24, 2.45) is 0 Å². The van der Waals surface area contributed by atoms with Crippen LogP contribution in [-0.4, -0.2) is 4.98 Å². The number of hydrogen-bond acceptors (Lipinski definition) is 3. The van der Waals surface area contributed by atoms with E-state index >= 15 is 0 Å². The number of aromatic nitrogens is 1. The van der Waals surface area contributed by atoms with Gasteiger partial charge in [0.25, 0.3) is 0 Å². The molecule has 0 aliphatic heterocycles. The lowest BCUT2D eigenvalue weighted by Crippen LogP contribution is -1.96. The van der Waals surface area contributed by atoms with Gasteiger partial charge in [0, 0.05) is 5.56 Å². The highest BCUT2D eigenvalue weighted by Crippen LogP contribution is 2.28. The van der Waals surface area contributed by atoms with Gasteiger partial charge in [-0.15, -0.1) is 0 Å². The molecule has 0 spiro atoms. The molecule has 0 amide bonds. The Bertz CT molecular complexity index is 620. The number of nitrogen functional groups attached to an aromatic ring is 1. The molecular formula is C12H7ClFN3. The molecule has 0 aliphatic carbocycles. The van der Waals surface area contributed by atoms with E-state index in [0.717, 1.165) is 6.07 Å². The number of nitriles is 1. The Kier molecular flexibility index (Phi) is 2.94. The highest BCUT2D eigenvalue weighted by Gasteiger charge is 2.11. The molecule has 0 bridgehead atoms. The van der Waals surface area contributed by atoms with Crippen LogP contribution in [0.15, 0.2) is 30.3 Å². The number of pyridine rings is 1. The van der Waals surface area contributed by atoms with Gasteiger partial charge in [0.15, 0.2) is 0 Å². The lowest BCUT2D eigenvalue weighted by Gasteiger charge is -2.06. The third-order valence-electron chi connectivity index (χ3n) is 2.25. The molecule has 17 heavy (non-hydrogen) atoms. The van der Waals surface area contributed by atoms with E-state index in [1.165, 1.54) is 18.2 Å². The third-order valence-corrected chi connectivity index (χ3v) is 2.46. The van der Waals surface area contributed by atoms with Crippen molar-refractivity contribution >= 4 is 17.3 Å². The zero-order valence-corrected chi connectivity index (χ0v) is 9.37. The molecule has 1 aromatic carbocycles. The first kappa shape index (κ1) is 11.4. The van der Waals surface area contributed by atoms with Gasteiger partial charge in [0.05, 0.1) is 23.0 Å². The van der Waals surface area contributed by atoms with Crippen molar-refractivity contribution in [3.63, 3.8) is 0 Å². The van der Waals surface area contributed by atoms with E-state index in [1.54, 1.807) is 6.07 Å². The summed E-state index contributed by atoms with van der Waals surface area (Å²) in [4.78, 5) is 3.98. The van der Waals surface area contributed by atoms with Crippen LogP contribution in [0, 0.1) is 17.1 Å². The van der Waals surface area contributed by atoms with Crippen molar-refractivity contribution in [1.29, 1.82) is 5.26 Å². The summed E-state index contributed by atoms with van der Waals surface area (Å²) < 4.78 is 13.7. The van der Waals surface area contributed by atoms with Crippen molar-refractivity contribution < 1.29 is 4.39 Å². The Morgan fingerprint density at radius 1 is 1.29 bits per heavy atom. The van der Waals surface area contributed by atoms with Gasteiger partial charge in [0.1, 0.15) is 11.0 Å². The molecule has 1 aromatic heterocycles. The van der Waals surface area contributed by atoms with E-state index in [-0.39, 0.29) is 22.0 Å². The molecule has 84 valence electrons. The Morgan fingerprint density at radius 2 is 2.06 bits per heavy atom. The molecule has 1 heterocycles. The SMILES string of the molecule is N#Cc1ccc(-c2nc(Cl)ccc2N)c(F)c1. The zero-order valence-electron chi connectivity index (χ0n) is 8.61. The van der Waals surface area contributed by atoms with Crippen molar-refractivity contribution in [3.8, 4) is 17.3 Å². The van der Waals surface area contributed by atoms with Gasteiger partial charge in [-0.1, -0.05) is 11.6 Å². The fourth-order valence-corrected chi connectivity index (χ4v) is 1.59. The molecule has 0 saturated heterocycles. The van der Waals surface area contributed by atoms with Gasteiger partial charge < -0.3 is 5.73 Å². The van der Waals surface area contributed by atoms with E-state index in [0.29, 0.717) is 5.69 Å². The van der Waals surface area contributed by atoms with Gasteiger partial charge in [0.2, 0.25) is 0 Å². The van der Waals surface area contributed by atoms with Gasteiger partial charge in [-0.3, -0.25) is 0 Å². The average Bonchev–Trinajstić information content (AvgIpc) is 2.32. The molecule has 2 N–H and O–H groups in total. The predicted molar refractivity (Wildman–Crippen MR) is 63.8 cm³/mol. The molecule has 5 heteroatoms. The standard InChI is InChI=1S/C12H7ClFN3/c13-11-4-3-10(16)12(17-11)8-2-1-7(6-15)5-9(8)14/h1-5H,16H2. The lowest BCUT2D eigenvalue weighted by molar-refractivity contribution is 0.630. The summed E-state index contributed by atoms with van der Waals surface area (Å²) in [6.45, 7) is 0. The van der Waals surface area contributed by atoms with Crippen LogP contribution in [0.4, 0.5) is 10.1 Å². The van der Waals surface area contributed by atoms with Crippen LogP contribution in [-0.2, 0) is 0 Å². The maximum Gasteiger partial charge on any atom is 0.133 e. The normalized spacial score (nSPS) is 9.94. The molecule has 0 radical (unpaired) electrons. The number of benzene rings is 1. The Morgan fingerprint density at radius 3 is 2.71 bits per heavy atom. The number of halogens is 2. The van der Waals surface area contributed by atoms with Crippen molar-refractivity contribution in [2.75, 3.05) is 5.73 Å². The van der Waals surface area contributed by atoms with E-state index in [1.807, 2.05) is 6.07 Å². The van der Waals surface area contributed by atoms with Crippen LogP contribution < -0.4 is 5.73 Å². The van der Waals surface area contributed by atoms with Crippen molar-refractivity contribution in [1.82, 2.24) is 4.98 Å². The molecular weight excluding hydrogens is 241 g/mol. The molecule has 0 aliphatic rings. The molecule has 2 aromatic rings. The molecule has 2 rings (SSSR count). The number of anilines is 1. The Labute approximate surface area is 102 Å². The van der Waals surface area contributed by atoms with Crippen LogP contribution in [0.2, 0.25) is 5.15 Å². The van der Waals surface area contributed by atoms with Crippen molar-refractivity contribution in [2.45, 2.75) is 0 Å². The smallest absolute Gasteiger partial charge is 0.133 e. The molecule has 0 unspecified atom stereocenters. The predicted octanol–water partition coefficient (Wildman–Crippen LogP) is 2.99. The van der Waals surface area contributed by atoms with Crippen LogP contribution >= 0.6 is 11.6 Å². The van der Waals surface area contributed by atoms with Crippen LogP contribution in [0.25, 0.3) is 11.3 Å². The first-order chi connectivity index (χ1) is 8.11. The fraction of sp³-hybridized carbons (Fsp3) is 0. The third kappa shape index (κ3) is 2.19. The summed E-state index contributed by atoms with van der Waals surface area (Å²) in [6, 6.07) is 9.04. The summed E-state index contributed by atoms with van der Waals surface area (Å²) in [5.41, 5.74) is 6.79. The van der Waals surface area contributed by atoms with E-state index < -0.39 is 5.82 Å². The largest absolute Gasteiger partial charge is 0.397 e. The van der Waals surface area contributed by atoms with Gasteiger partial charge in [-0.05, 0) is 30.3 Å². The molecule has 0 atom stereocenters. The molecule has 0 fully saturated rings. The maximum atomic E-state index is 13.7. The number of hydrogen-bond donors (Lipinski definition) is 1. The van der Waals surface area contributed by atoms with Gasteiger partial charge in [-0.25, -0.2) is 9.37 Å². The summed E-state index contributed by atoms with van der Waals surface area (Å²) in [5, 5.41) is 8.88. The topological polar surface area (TPSA) is 62.7 Å². The summed E-state index contributed by atoms with van der Waals surface area (Å²) in [6.07, 6.45) is 0. The Balaban J connectivity index is 2.61. The minimum atomic E-state index is -0.550. The van der Waals surface area contributed by atoms with Crippen LogP contribution in [0.1, 0.15) is 5.56 Å². The second-order valence-corrected chi connectivity index (χ2v) is 3.77. The quantitative estimate of drug-likeness (QED) is 0.788. The second kappa shape index (κ2) is 4.40. The highest BCUT2D eigenvalue weighted by atomic mass is 35.5. The highest BCUT2D eigenvalue weighted by molar-refractivity contribution is 6.29. The van der Waals surface area contributed by atoms with Crippen LogP contribution in [0.5, 0.6) is 0 Å². The summed E-state index contributed by atoms with van der Waals surface area (Å²) >= 11 is 5.74. The summed E-state index contributed by atoms with van der Waals surface area (Å²) in [7, 11) is 0. The zero-order chi connectivity index (χ0) is 12.4. The first-order valence-corrected chi connectivity index (χ1v) is 5.11. The molecule has 3 nitrogen and oxygen atoms in total. The fourth-order valence-electron chi connectivity index (χ4n) is 1.44.